The Kier molecular flexibility index (Phi) is 4.74. The molecule has 0 aliphatic carbocycles. The summed E-state index contributed by atoms with van der Waals surface area (Å²) in [5.41, 5.74) is 0.359. The first-order chi connectivity index (χ1) is 6.57. The maximum atomic E-state index is 4.40. The number of rotatable bonds is 4. The van der Waals surface area contributed by atoms with Crippen LogP contribution in [0.15, 0.2) is 0 Å². The molecule has 0 aromatic rings. The van der Waals surface area contributed by atoms with Crippen molar-refractivity contribution in [3.8, 4) is 0 Å². The zero-order valence-electron chi connectivity index (χ0n) is 9.79. The molecule has 0 saturated carbocycles. The van der Waals surface area contributed by atoms with Gasteiger partial charge in [0.2, 0.25) is 0 Å². The number of hydrogen-bond donors (Lipinski definition) is 1. The minimum atomic E-state index is 0.359. The molecule has 1 rings (SSSR count). The lowest BCUT2D eigenvalue weighted by atomic mass is 9.95. The Labute approximate surface area is 94.1 Å². The quantitative estimate of drug-likeness (QED) is 0.713. The van der Waals surface area contributed by atoms with Gasteiger partial charge < -0.3 is 9.80 Å². The largest absolute Gasteiger partial charge is 0.301 e. The van der Waals surface area contributed by atoms with Crippen LogP contribution < -0.4 is 0 Å². The molecule has 0 spiro atoms. The Bertz CT molecular complexity index is 163. The molecule has 1 saturated heterocycles. The van der Waals surface area contributed by atoms with E-state index in [9.17, 15) is 0 Å². The van der Waals surface area contributed by atoms with Gasteiger partial charge in [-0.15, -0.1) is 0 Å². The van der Waals surface area contributed by atoms with Crippen molar-refractivity contribution in [1.82, 2.24) is 9.80 Å². The van der Waals surface area contributed by atoms with E-state index in [1.165, 1.54) is 39.3 Å². The topological polar surface area (TPSA) is 6.48 Å². The molecule has 0 N–H and O–H groups in total. The molecule has 0 atom stereocenters. The van der Waals surface area contributed by atoms with Gasteiger partial charge in [0.05, 0.1) is 0 Å². The van der Waals surface area contributed by atoms with Gasteiger partial charge in [0.1, 0.15) is 0 Å². The van der Waals surface area contributed by atoms with E-state index in [0.717, 1.165) is 5.75 Å². The van der Waals surface area contributed by atoms with E-state index in [-0.39, 0.29) is 0 Å². The van der Waals surface area contributed by atoms with Crippen molar-refractivity contribution in [3.63, 3.8) is 0 Å². The smallest absolute Gasteiger partial charge is 0.0110 e. The van der Waals surface area contributed by atoms with Crippen LogP contribution in [-0.4, -0.2) is 54.8 Å². The standard InChI is InChI=1S/C11H24N2S/c1-4-12-5-7-13(8-6-12)9-11(2,3)10-14/h14H,4-10H2,1-3H3. The number of likely N-dealkylation sites (N-methyl/N-ethyl adjacent to an activating group) is 1. The molecule has 2 nitrogen and oxygen atoms in total. The predicted octanol–water partition coefficient (Wildman–Crippen LogP) is 1.58. The molecule has 0 aromatic carbocycles. The van der Waals surface area contributed by atoms with E-state index in [4.69, 9.17) is 0 Å². The van der Waals surface area contributed by atoms with E-state index in [1.807, 2.05) is 0 Å². The first-order valence-electron chi connectivity index (χ1n) is 5.63. The maximum absolute atomic E-state index is 4.40. The van der Waals surface area contributed by atoms with E-state index < -0.39 is 0 Å². The molecule has 1 fully saturated rings. The van der Waals surface area contributed by atoms with Crippen molar-refractivity contribution in [2.45, 2.75) is 20.8 Å². The zero-order chi connectivity index (χ0) is 10.6. The first kappa shape index (κ1) is 12.3. The maximum Gasteiger partial charge on any atom is 0.0110 e. The predicted molar refractivity (Wildman–Crippen MR) is 66.2 cm³/mol. The van der Waals surface area contributed by atoms with Gasteiger partial charge in [-0.05, 0) is 17.7 Å². The molecule has 84 valence electrons. The summed E-state index contributed by atoms with van der Waals surface area (Å²) in [6, 6.07) is 0. The van der Waals surface area contributed by atoms with E-state index in [0.29, 0.717) is 5.41 Å². The fraction of sp³-hybridized carbons (Fsp3) is 1.00. The fourth-order valence-corrected chi connectivity index (χ4v) is 2.02. The lowest BCUT2D eigenvalue weighted by molar-refractivity contribution is 0.107. The van der Waals surface area contributed by atoms with Crippen molar-refractivity contribution in [2.24, 2.45) is 5.41 Å². The minimum Gasteiger partial charge on any atom is -0.301 e. The van der Waals surface area contributed by atoms with Crippen LogP contribution in [0, 0.1) is 5.41 Å². The molecule has 1 aliphatic rings. The third kappa shape index (κ3) is 3.79. The van der Waals surface area contributed by atoms with Crippen molar-refractivity contribution >= 4 is 12.6 Å². The molecular weight excluding hydrogens is 192 g/mol. The molecule has 0 bridgehead atoms. The highest BCUT2D eigenvalue weighted by atomic mass is 32.1. The van der Waals surface area contributed by atoms with Gasteiger partial charge in [0, 0.05) is 32.7 Å². The summed E-state index contributed by atoms with van der Waals surface area (Å²) in [6.07, 6.45) is 0. The lowest BCUT2D eigenvalue weighted by Crippen LogP contribution is -2.49. The highest BCUT2D eigenvalue weighted by Crippen LogP contribution is 2.19. The van der Waals surface area contributed by atoms with Gasteiger partial charge >= 0.3 is 0 Å². The average Bonchev–Trinajstić information content (AvgIpc) is 2.19. The van der Waals surface area contributed by atoms with Gasteiger partial charge in [0.15, 0.2) is 0 Å². The Balaban J connectivity index is 2.28. The third-order valence-electron chi connectivity index (χ3n) is 2.99. The first-order valence-corrected chi connectivity index (χ1v) is 6.26. The SMILES string of the molecule is CCN1CCN(CC(C)(C)CS)CC1. The molecule has 0 unspecified atom stereocenters. The van der Waals surface area contributed by atoms with Crippen LogP contribution in [0.2, 0.25) is 0 Å². The van der Waals surface area contributed by atoms with E-state index in [2.05, 4.69) is 43.2 Å². The van der Waals surface area contributed by atoms with E-state index in [1.54, 1.807) is 0 Å². The van der Waals surface area contributed by atoms with Crippen LogP contribution in [0.25, 0.3) is 0 Å². The van der Waals surface area contributed by atoms with Crippen LogP contribution in [0.3, 0.4) is 0 Å². The Morgan fingerprint density at radius 2 is 1.57 bits per heavy atom. The van der Waals surface area contributed by atoms with Gasteiger partial charge in [-0.3, -0.25) is 0 Å². The number of thiol groups is 1. The van der Waals surface area contributed by atoms with Crippen LogP contribution in [0.5, 0.6) is 0 Å². The molecule has 0 amide bonds. The number of hydrogen-bond acceptors (Lipinski definition) is 3. The van der Waals surface area contributed by atoms with Crippen LogP contribution >= 0.6 is 12.6 Å². The summed E-state index contributed by atoms with van der Waals surface area (Å²) in [5.74, 6) is 0.973. The van der Waals surface area contributed by atoms with Crippen LogP contribution in [0.1, 0.15) is 20.8 Å². The lowest BCUT2D eigenvalue weighted by Gasteiger charge is -2.38. The van der Waals surface area contributed by atoms with Gasteiger partial charge in [0.25, 0.3) is 0 Å². The second kappa shape index (κ2) is 5.38. The summed E-state index contributed by atoms with van der Waals surface area (Å²) in [6.45, 7) is 14.2. The molecule has 0 radical (unpaired) electrons. The zero-order valence-corrected chi connectivity index (χ0v) is 10.7. The Morgan fingerprint density at radius 1 is 1.07 bits per heavy atom. The molecular formula is C11H24N2S. The molecule has 0 aromatic heterocycles. The molecule has 3 heteroatoms. The highest BCUT2D eigenvalue weighted by Gasteiger charge is 2.22. The van der Waals surface area contributed by atoms with Gasteiger partial charge in [-0.2, -0.15) is 12.6 Å². The molecule has 1 aliphatic heterocycles. The minimum absolute atomic E-state index is 0.359. The number of nitrogens with zero attached hydrogens (tertiary/aromatic N) is 2. The summed E-state index contributed by atoms with van der Waals surface area (Å²) in [7, 11) is 0. The van der Waals surface area contributed by atoms with Crippen molar-refractivity contribution < 1.29 is 0 Å². The summed E-state index contributed by atoms with van der Waals surface area (Å²) < 4.78 is 0. The summed E-state index contributed by atoms with van der Waals surface area (Å²) >= 11 is 4.40. The van der Waals surface area contributed by atoms with E-state index >= 15 is 0 Å². The second-order valence-electron chi connectivity index (χ2n) is 5.03. The summed E-state index contributed by atoms with van der Waals surface area (Å²) in [5, 5.41) is 0. The third-order valence-corrected chi connectivity index (χ3v) is 3.85. The molecule has 1 heterocycles. The van der Waals surface area contributed by atoms with Crippen molar-refractivity contribution in [3.05, 3.63) is 0 Å². The number of piperazine rings is 1. The van der Waals surface area contributed by atoms with Gasteiger partial charge in [-0.25, -0.2) is 0 Å². The average molecular weight is 216 g/mol. The van der Waals surface area contributed by atoms with Crippen LogP contribution in [0.4, 0.5) is 0 Å². The molecule has 14 heavy (non-hydrogen) atoms. The highest BCUT2D eigenvalue weighted by molar-refractivity contribution is 7.80. The normalized spacial score (nSPS) is 21.4. The van der Waals surface area contributed by atoms with Crippen molar-refractivity contribution in [2.75, 3.05) is 45.0 Å². The van der Waals surface area contributed by atoms with Crippen LogP contribution in [-0.2, 0) is 0 Å². The fourth-order valence-electron chi connectivity index (χ4n) is 1.92. The second-order valence-corrected chi connectivity index (χ2v) is 5.35. The Morgan fingerprint density at radius 3 is 2.00 bits per heavy atom. The summed E-state index contributed by atoms with van der Waals surface area (Å²) in [4.78, 5) is 5.09. The van der Waals surface area contributed by atoms with Crippen molar-refractivity contribution in [1.29, 1.82) is 0 Å². The van der Waals surface area contributed by atoms with Gasteiger partial charge in [-0.1, -0.05) is 20.8 Å². The Hall–Kier alpha value is 0.270. The monoisotopic (exact) mass is 216 g/mol.